The van der Waals surface area contributed by atoms with Gasteiger partial charge in [-0.15, -0.1) is 0 Å². The van der Waals surface area contributed by atoms with E-state index in [1.54, 1.807) is 24.3 Å². The van der Waals surface area contributed by atoms with Crippen LogP contribution in [0, 0.1) is 0 Å². The summed E-state index contributed by atoms with van der Waals surface area (Å²) >= 11 is 11.2. The number of hydrogen-bond donors (Lipinski definition) is 1. The molecule has 1 rings (SSSR count). The zero-order valence-electron chi connectivity index (χ0n) is 8.55. The molecule has 0 unspecified atom stereocenters. The van der Waals surface area contributed by atoms with Crippen LogP contribution in [0.3, 0.4) is 0 Å². The molecule has 0 atom stereocenters. The summed E-state index contributed by atoms with van der Waals surface area (Å²) in [6, 6.07) is 6.32. The average Bonchev–Trinajstić information content (AvgIpc) is 2.26. The molecular formula is C9H8Cl2O5S. The van der Waals surface area contributed by atoms with Gasteiger partial charge in [-0.3, -0.25) is 4.55 Å². The zero-order valence-corrected chi connectivity index (χ0v) is 10.9. The first-order chi connectivity index (χ1) is 7.83. The molecule has 0 radical (unpaired) electrons. The number of rotatable bonds is 4. The van der Waals surface area contributed by atoms with Crippen LogP contribution in [-0.2, 0) is 14.6 Å². The van der Waals surface area contributed by atoms with Crippen LogP contribution in [0.5, 0.6) is 5.75 Å². The van der Waals surface area contributed by atoms with Crippen LogP contribution in [0.1, 0.15) is 5.56 Å². The van der Waals surface area contributed by atoms with Crippen molar-refractivity contribution in [1.29, 1.82) is 0 Å². The molecule has 94 valence electrons. The van der Waals surface area contributed by atoms with Crippen LogP contribution in [0.25, 0.3) is 5.03 Å². The van der Waals surface area contributed by atoms with Gasteiger partial charge in [-0.25, -0.2) is 0 Å². The zero-order chi connectivity index (χ0) is 13.1. The van der Waals surface area contributed by atoms with Gasteiger partial charge in [-0.2, -0.15) is 8.42 Å². The maximum absolute atomic E-state index is 10.4. The van der Waals surface area contributed by atoms with Crippen LogP contribution in [0.2, 0.25) is 0 Å². The lowest BCUT2D eigenvalue weighted by Crippen LogP contribution is -2.01. The standard InChI is InChI=1S/C9H8Cl2O5S/c1-15-7-4-2-6(3-5-7)8(10)9(11)16-17(12,13)14/h2-5H,1H3,(H,12,13,14). The molecular weight excluding hydrogens is 291 g/mol. The van der Waals surface area contributed by atoms with E-state index in [4.69, 9.17) is 32.5 Å². The molecule has 0 saturated carbocycles. The van der Waals surface area contributed by atoms with Gasteiger partial charge < -0.3 is 8.92 Å². The third kappa shape index (κ3) is 4.43. The van der Waals surface area contributed by atoms with E-state index in [0.717, 1.165) is 0 Å². The molecule has 0 aliphatic heterocycles. The van der Waals surface area contributed by atoms with E-state index in [-0.39, 0.29) is 5.03 Å². The maximum Gasteiger partial charge on any atom is 0.447 e. The van der Waals surface area contributed by atoms with Gasteiger partial charge in [0.25, 0.3) is 0 Å². The second-order valence-corrected chi connectivity index (χ2v) is 4.57. The van der Waals surface area contributed by atoms with Crippen molar-refractivity contribution in [2.24, 2.45) is 0 Å². The Morgan fingerprint density at radius 1 is 1.24 bits per heavy atom. The molecule has 0 aromatic heterocycles. The van der Waals surface area contributed by atoms with E-state index in [1.165, 1.54) is 7.11 Å². The Hall–Kier alpha value is -0.950. The van der Waals surface area contributed by atoms with Gasteiger partial charge in [0, 0.05) is 0 Å². The van der Waals surface area contributed by atoms with Crippen LogP contribution in [0.4, 0.5) is 0 Å². The van der Waals surface area contributed by atoms with Gasteiger partial charge in [-0.05, 0) is 41.4 Å². The average molecular weight is 299 g/mol. The number of hydrogen-bond acceptors (Lipinski definition) is 4. The molecule has 0 bridgehead atoms. The van der Waals surface area contributed by atoms with E-state index in [9.17, 15) is 8.42 Å². The van der Waals surface area contributed by atoms with Crippen LogP contribution >= 0.6 is 23.2 Å². The van der Waals surface area contributed by atoms with Crippen molar-refractivity contribution in [3.63, 3.8) is 0 Å². The highest BCUT2D eigenvalue weighted by atomic mass is 35.5. The SMILES string of the molecule is COc1ccc(C(Cl)=C(Cl)OS(=O)(=O)O)cc1. The molecule has 1 aromatic carbocycles. The third-order valence-electron chi connectivity index (χ3n) is 1.69. The van der Waals surface area contributed by atoms with Gasteiger partial charge in [-0.1, -0.05) is 11.6 Å². The van der Waals surface area contributed by atoms with Gasteiger partial charge >= 0.3 is 10.4 Å². The predicted molar refractivity (Wildman–Crippen MR) is 64.3 cm³/mol. The molecule has 0 fully saturated rings. The van der Waals surface area contributed by atoms with Crippen molar-refractivity contribution in [1.82, 2.24) is 0 Å². The minimum Gasteiger partial charge on any atom is -0.497 e. The van der Waals surface area contributed by atoms with Crippen molar-refractivity contribution >= 4 is 38.6 Å². The molecule has 8 heteroatoms. The lowest BCUT2D eigenvalue weighted by Gasteiger charge is -2.04. The Morgan fingerprint density at radius 2 is 1.76 bits per heavy atom. The molecule has 0 heterocycles. The molecule has 17 heavy (non-hydrogen) atoms. The molecule has 0 saturated heterocycles. The summed E-state index contributed by atoms with van der Waals surface area (Å²) in [5.41, 5.74) is 0.418. The summed E-state index contributed by atoms with van der Waals surface area (Å²) in [5.74, 6) is 0.602. The lowest BCUT2D eigenvalue weighted by molar-refractivity contribution is 0.350. The topological polar surface area (TPSA) is 72.8 Å². The van der Waals surface area contributed by atoms with Gasteiger partial charge in [0.15, 0.2) is 0 Å². The molecule has 0 spiro atoms. The van der Waals surface area contributed by atoms with Crippen molar-refractivity contribution in [2.75, 3.05) is 7.11 Å². The fourth-order valence-electron chi connectivity index (χ4n) is 0.980. The number of benzene rings is 1. The predicted octanol–water partition coefficient (Wildman–Crippen LogP) is 2.62. The molecule has 0 aliphatic rings. The first-order valence-electron chi connectivity index (χ1n) is 4.20. The minimum absolute atomic E-state index is 0.146. The van der Waals surface area contributed by atoms with E-state index in [0.29, 0.717) is 11.3 Å². The minimum atomic E-state index is -4.69. The monoisotopic (exact) mass is 298 g/mol. The summed E-state index contributed by atoms with van der Waals surface area (Å²) in [4.78, 5) is 0. The Kier molecular flexibility index (Phi) is 4.64. The van der Waals surface area contributed by atoms with Crippen molar-refractivity contribution in [3.8, 4) is 5.75 Å². The Morgan fingerprint density at radius 3 is 2.18 bits per heavy atom. The summed E-state index contributed by atoms with van der Waals surface area (Å²) in [6.45, 7) is 0. The van der Waals surface area contributed by atoms with E-state index >= 15 is 0 Å². The van der Waals surface area contributed by atoms with E-state index in [2.05, 4.69) is 4.18 Å². The first kappa shape index (κ1) is 14.1. The quantitative estimate of drug-likeness (QED) is 0.683. The summed E-state index contributed by atoms with van der Waals surface area (Å²) in [6.07, 6.45) is 0. The van der Waals surface area contributed by atoms with Crippen molar-refractivity contribution < 1.29 is 21.9 Å². The molecule has 5 nitrogen and oxygen atoms in total. The summed E-state index contributed by atoms with van der Waals surface area (Å²) < 4.78 is 38.2. The van der Waals surface area contributed by atoms with E-state index < -0.39 is 15.6 Å². The summed E-state index contributed by atoms with van der Waals surface area (Å²) in [5, 5.41) is -0.786. The summed E-state index contributed by atoms with van der Waals surface area (Å²) in [7, 11) is -3.19. The second kappa shape index (κ2) is 5.59. The normalized spacial score (nSPS) is 12.9. The van der Waals surface area contributed by atoms with Gasteiger partial charge in [0.05, 0.1) is 7.11 Å². The molecule has 1 N–H and O–H groups in total. The number of methoxy groups -OCH3 is 1. The Balaban J connectivity index is 3.01. The third-order valence-corrected chi connectivity index (χ3v) is 2.92. The van der Waals surface area contributed by atoms with Crippen molar-refractivity contribution in [3.05, 3.63) is 35.0 Å². The van der Waals surface area contributed by atoms with Gasteiger partial charge in [0.1, 0.15) is 10.8 Å². The number of halogens is 2. The maximum atomic E-state index is 10.4. The fourth-order valence-corrected chi connectivity index (χ4v) is 1.81. The number of ether oxygens (including phenoxy) is 1. The highest BCUT2D eigenvalue weighted by Crippen LogP contribution is 2.28. The first-order valence-corrected chi connectivity index (χ1v) is 6.32. The van der Waals surface area contributed by atoms with E-state index in [1.807, 2.05) is 0 Å². The smallest absolute Gasteiger partial charge is 0.447 e. The molecule has 0 amide bonds. The second-order valence-electron chi connectivity index (χ2n) is 2.83. The fraction of sp³-hybridized carbons (Fsp3) is 0.111. The molecule has 1 aromatic rings. The Bertz CT molecular complexity index is 521. The Labute approximate surface area is 109 Å². The van der Waals surface area contributed by atoms with Gasteiger partial charge in [0.2, 0.25) is 5.22 Å². The van der Waals surface area contributed by atoms with Crippen LogP contribution in [-0.4, -0.2) is 20.1 Å². The highest BCUT2D eigenvalue weighted by Gasteiger charge is 2.13. The molecule has 0 aliphatic carbocycles. The largest absolute Gasteiger partial charge is 0.497 e. The van der Waals surface area contributed by atoms with Crippen molar-refractivity contribution in [2.45, 2.75) is 0 Å². The van der Waals surface area contributed by atoms with Crippen LogP contribution < -0.4 is 4.74 Å². The highest BCUT2D eigenvalue weighted by molar-refractivity contribution is 7.81. The van der Waals surface area contributed by atoms with Crippen LogP contribution in [0.15, 0.2) is 29.5 Å². The lowest BCUT2D eigenvalue weighted by atomic mass is 10.2.